The number of benzene rings is 1. The molecule has 4 heteroatoms. The van der Waals surface area contributed by atoms with Crippen LogP contribution in [0.1, 0.15) is 36.8 Å². The minimum absolute atomic E-state index is 0.0918. The highest BCUT2D eigenvalue weighted by molar-refractivity contribution is 5.93. The predicted molar refractivity (Wildman–Crippen MR) is 95.3 cm³/mol. The van der Waals surface area contributed by atoms with E-state index >= 15 is 0 Å². The van der Waals surface area contributed by atoms with Gasteiger partial charge in [0.1, 0.15) is 0 Å². The van der Waals surface area contributed by atoms with Gasteiger partial charge in [-0.2, -0.15) is 0 Å². The van der Waals surface area contributed by atoms with Gasteiger partial charge in [-0.3, -0.25) is 9.69 Å². The van der Waals surface area contributed by atoms with Crippen LogP contribution < -0.4 is 10.5 Å². The van der Waals surface area contributed by atoms with Crippen LogP contribution >= 0.6 is 0 Å². The first-order valence-corrected chi connectivity index (χ1v) is 8.83. The summed E-state index contributed by atoms with van der Waals surface area (Å²) in [7, 11) is 2.10. The zero-order valence-electron chi connectivity index (χ0n) is 13.9. The van der Waals surface area contributed by atoms with E-state index in [-0.39, 0.29) is 5.56 Å². The number of likely N-dealkylation sites (tertiary alicyclic amines) is 1. The van der Waals surface area contributed by atoms with Crippen molar-refractivity contribution in [2.24, 2.45) is 0 Å². The number of rotatable bonds is 2. The monoisotopic (exact) mass is 311 g/mol. The predicted octanol–water partition coefficient (Wildman–Crippen LogP) is 2.90. The van der Waals surface area contributed by atoms with E-state index in [1.165, 1.54) is 43.3 Å². The number of fused-ring (bicyclic) bond motifs is 3. The molecule has 1 fully saturated rings. The first-order chi connectivity index (χ1) is 11.2. The van der Waals surface area contributed by atoms with E-state index in [1.54, 1.807) is 0 Å². The Morgan fingerprint density at radius 1 is 1.09 bits per heavy atom. The number of pyridine rings is 1. The van der Waals surface area contributed by atoms with E-state index in [0.29, 0.717) is 0 Å². The molecule has 0 amide bonds. The molecule has 2 aromatic rings. The van der Waals surface area contributed by atoms with Crippen LogP contribution in [0.2, 0.25) is 0 Å². The quantitative estimate of drug-likeness (QED) is 0.927. The fourth-order valence-electron chi connectivity index (χ4n) is 4.12. The van der Waals surface area contributed by atoms with E-state index in [9.17, 15) is 4.79 Å². The van der Waals surface area contributed by atoms with Crippen molar-refractivity contribution in [1.29, 1.82) is 0 Å². The molecule has 122 valence electrons. The Morgan fingerprint density at radius 3 is 2.74 bits per heavy atom. The van der Waals surface area contributed by atoms with Crippen LogP contribution in [0.4, 0.5) is 5.69 Å². The van der Waals surface area contributed by atoms with Gasteiger partial charge in [0.05, 0.1) is 11.2 Å². The summed E-state index contributed by atoms with van der Waals surface area (Å²) >= 11 is 0. The highest BCUT2D eigenvalue weighted by Gasteiger charge is 2.20. The van der Waals surface area contributed by atoms with Gasteiger partial charge < -0.3 is 9.88 Å². The Balaban J connectivity index is 1.73. The molecule has 2 aliphatic rings. The van der Waals surface area contributed by atoms with E-state index in [0.717, 1.165) is 42.7 Å². The number of aromatic nitrogens is 1. The maximum Gasteiger partial charge on any atom is 0.253 e. The molecule has 23 heavy (non-hydrogen) atoms. The molecule has 0 bridgehead atoms. The van der Waals surface area contributed by atoms with Crippen LogP contribution in [-0.4, -0.2) is 36.6 Å². The van der Waals surface area contributed by atoms with Crippen molar-refractivity contribution in [3.05, 3.63) is 39.7 Å². The molecule has 0 saturated carbocycles. The Labute approximate surface area is 137 Å². The van der Waals surface area contributed by atoms with Gasteiger partial charge in [-0.15, -0.1) is 0 Å². The summed E-state index contributed by atoms with van der Waals surface area (Å²) < 4.78 is 0. The number of hydrogen-bond acceptors (Lipinski definition) is 3. The minimum Gasteiger partial charge on any atom is -0.374 e. The van der Waals surface area contributed by atoms with Crippen LogP contribution in [0.5, 0.6) is 0 Å². The molecule has 1 N–H and O–H groups in total. The summed E-state index contributed by atoms with van der Waals surface area (Å²) in [6.45, 7) is 4.41. The number of piperidine rings is 1. The third-order valence-corrected chi connectivity index (χ3v) is 5.30. The lowest BCUT2D eigenvalue weighted by Gasteiger charge is -2.29. The van der Waals surface area contributed by atoms with Gasteiger partial charge in [0, 0.05) is 31.1 Å². The summed E-state index contributed by atoms with van der Waals surface area (Å²) in [6.07, 6.45) is 5.93. The second-order valence-corrected chi connectivity index (χ2v) is 7.02. The molecule has 4 rings (SSSR count). The van der Waals surface area contributed by atoms with E-state index < -0.39 is 0 Å². The lowest BCUT2D eigenvalue weighted by atomic mass is 9.99. The van der Waals surface area contributed by atoms with Crippen LogP contribution in [-0.2, 0) is 13.0 Å². The average Bonchev–Trinajstić information content (AvgIpc) is 2.56. The van der Waals surface area contributed by atoms with Crippen LogP contribution in [0.15, 0.2) is 23.0 Å². The number of nitrogens with zero attached hydrogens (tertiary/aromatic N) is 2. The fourth-order valence-corrected chi connectivity index (χ4v) is 4.12. The van der Waals surface area contributed by atoms with Crippen LogP contribution in [0.25, 0.3) is 10.9 Å². The number of anilines is 1. The Hall–Kier alpha value is -1.81. The van der Waals surface area contributed by atoms with Crippen molar-refractivity contribution in [3.63, 3.8) is 0 Å². The van der Waals surface area contributed by atoms with E-state index in [2.05, 4.69) is 40.0 Å². The Bertz CT molecular complexity index is 774. The van der Waals surface area contributed by atoms with Crippen molar-refractivity contribution in [2.75, 3.05) is 31.6 Å². The molecule has 1 saturated heterocycles. The fraction of sp³-hybridized carbons (Fsp3) is 0.526. The van der Waals surface area contributed by atoms with Crippen molar-refractivity contribution >= 4 is 16.6 Å². The number of H-pyrrole nitrogens is 1. The summed E-state index contributed by atoms with van der Waals surface area (Å²) in [5.41, 5.74) is 4.47. The molecule has 0 spiro atoms. The van der Waals surface area contributed by atoms with Crippen molar-refractivity contribution < 1.29 is 0 Å². The largest absolute Gasteiger partial charge is 0.374 e. The van der Waals surface area contributed by atoms with Crippen LogP contribution in [0, 0.1) is 0 Å². The maximum absolute atomic E-state index is 12.4. The zero-order valence-corrected chi connectivity index (χ0v) is 13.9. The van der Waals surface area contributed by atoms with Gasteiger partial charge in [-0.05, 0) is 50.4 Å². The topological polar surface area (TPSA) is 39.3 Å². The summed E-state index contributed by atoms with van der Waals surface area (Å²) in [4.78, 5) is 20.3. The number of aromatic amines is 1. The molecule has 0 unspecified atom stereocenters. The summed E-state index contributed by atoms with van der Waals surface area (Å²) in [5.74, 6) is 0. The Morgan fingerprint density at radius 2 is 1.91 bits per heavy atom. The molecule has 0 radical (unpaired) electrons. The third-order valence-electron chi connectivity index (χ3n) is 5.30. The third kappa shape index (κ3) is 2.76. The minimum atomic E-state index is 0.0918. The first-order valence-electron chi connectivity index (χ1n) is 8.83. The zero-order chi connectivity index (χ0) is 15.8. The molecule has 0 aliphatic carbocycles. The molecular formula is C19H25N3O. The van der Waals surface area contributed by atoms with Gasteiger partial charge >= 0.3 is 0 Å². The number of hydrogen-bond donors (Lipinski definition) is 1. The second kappa shape index (κ2) is 6.00. The highest BCUT2D eigenvalue weighted by atomic mass is 16.1. The van der Waals surface area contributed by atoms with Gasteiger partial charge in [-0.1, -0.05) is 18.6 Å². The molecule has 2 aliphatic heterocycles. The summed E-state index contributed by atoms with van der Waals surface area (Å²) in [6, 6.07) is 6.61. The van der Waals surface area contributed by atoms with Gasteiger partial charge in [0.25, 0.3) is 5.56 Å². The SMILES string of the molecule is CN1CCCc2c1c1ccc(CN3CCCCC3)cc1[nH]c2=O. The van der Waals surface area contributed by atoms with Crippen molar-refractivity contribution in [2.45, 2.75) is 38.6 Å². The molecular weight excluding hydrogens is 286 g/mol. The Kier molecular flexibility index (Phi) is 3.85. The maximum atomic E-state index is 12.4. The highest BCUT2D eigenvalue weighted by Crippen LogP contribution is 2.31. The van der Waals surface area contributed by atoms with Gasteiger partial charge in [0.15, 0.2) is 0 Å². The molecule has 1 aromatic carbocycles. The normalized spacial score (nSPS) is 19.1. The summed E-state index contributed by atoms with van der Waals surface area (Å²) in [5, 5.41) is 1.18. The number of nitrogens with one attached hydrogen (secondary N) is 1. The molecule has 4 nitrogen and oxygen atoms in total. The van der Waals surface area contributed by atoms with Gasteiger partial charge in [0.2, 0.25) is 0 Å². The average molecular weight is 311 g/mol. The smallest absolute Gasteiger partial charge is 0.253 e. The van der Waals surface area contributed by atoms with Crippen molar-refractivity contribution in [1.82, 2.24) is 9.88 Å². The van der Waals surface area contributed by atoms with Crippen molar-refractivity contribution in [3.8, 4) is 0 Å². The van der Waals surface area contributed by atoms with Crippen LogP contribution in [0.3, 0.4) is 0 Å². The first kappa shape index (κ1) is 14.8. The second-order valence-electron chi connectivity index (χ2n) is 7.02. The van der Waals surface area contributed by atoms with E-state index in [4.69, 9.17) is 0 Å². The van der Waals surface area contributed by atoms with Gasteiger partial charge in [-0.25, -0.2) is 0 Å². The lowest BCUT2D eigenvalue weighted by Crippen LogP contribution is -2.30. The lowest BCUT2D eigenvalue weighted by molar-refractivity contribution is 0.221. The standard InChI is InChI=1S/C19H25N3O/c1-21-9-5-6-16-18(21)15-8-7-14(12-17(15)20-19(16)23)13-22-10-3-2-4-11-22/h7-8,12H,2-6,9-11,13H2,1H3,(H,20,23). The molecule has 0 atom stereocenters. The van der Waals surface area contributed by atoms with E-state index in [1.807, 2.05) is 0 Å². The molecule has 3 heterocycles. The molecule has 1 aromatic heterocycles.